The lowest BCUT2D eigenvalue weighted by Crippen LogP contribution is -2.48. The number of sulfonamides is 2. The summed E-state index contributed by atoms with van der Waals surface area (Å²) in [6, 6.07) is 25.9. The van der Waals surface area contributed by atoms with Crippen LogP contribution < -0.4 is 9.80 Å². The molecule has 0 atom stereocenters. The van der Waals surface area contributed by atoms with Crippen LogP contribution in [0.2, 0.25) is 20.1 Å². The highest BCUT2D eigenvalue weighted by Crippen LogP contribution is 2.31. The zero-order chi connectivity index (χ0) is 43.3. The summed E-state index contributed by atoms with van der Waals surface area (Å²) in [5.41, 5.74) is 7.12. The molecule has 4 heterocycles. The fraction of sp³-hybridized carbons (Fsp3) is 0.302. The number of anilines is 2. The van der Waals surface area contributed by atoms with Crippen molar-refractivity contribution in [3.63, 3.8) is 0 Å². The molecule has 0 unspecified atom stereocenters. The topological polar surface area (TPSA) is 107 Å². The second kappa shape index (κ2) is 20.0. The molecule has 0 aliphatic carbocycles. The van der Waals surface area contributed by atoms with Gasteiger partial charge in [-0.15, -0.1) is 22.7 Å². The molecule has 10 nitrogen and oxygen atoms in total. The Hall–Kier alpha value is -3.28. The van der Waals surface area contributed by atoms with Crippen LogP contribution in [0.5, 0.6) is 0 Å². The number of benzene rings is 4. The predicted molar refractivity (Wildman–Crippen MR) is 252 cm³/mol. The van der Waals surface area contributed by atoms with Crippen molar-refractivity contribution in [2.45, 2.75) is 42.9 Å². The zero-order valence-electron chi connectivity index (χ0n) is 33.5. The first kappa shape index (κ1) is 45.7. The molecule has 61 heavy (non-hydrogen) atoms. The Kier molecular flexibility index (Phi) is 15.0. The molecule has 2 aromatic heterocycles. The summed E-state index contributed by atoms with van der Waals surface area (Å²) in [5.74, 6) is 0. The van der Waals surface area contributed by atoms with Crippen molar-refractivity contribution in [1.29, 1.82) is 0 Å². The van der Waals surface area contributed by atoms with E-state index in [1.54, 1.807) is 22.7 Å². The number of hydrogen-bond acceptors (Lipinski definition) is 10. The van der Waals surface area contributed by atoms with E-state index in [1.165, 1.54) is 67.3 Å². The SMILES string of the molecule is CCc1ccc(Cc2csc(N3CCN(S(=O)(=O)c4ccc(Cl)c(Cl)c4)CC3)n2)cc1.Cc1ccc(Cc2csc(N3CCN(S(=O)(=O)c4ccc(Cl)c(Cl)c4)CC3)n2)cc1. The van der Waals surface area contributed by atoms with Crippen LogP contribution in [-0.2, 0) is 39.3 Å². The molecule has 18 heteroatoms. The molecule has 322 valence electrons. The maximum atomic E-state index is 12.9. The Bertz CT molecular complexity index is 2660. The number of aromatic nitrogens is 2. The van der Waals surface area contributed by atoms with Crippen molar-refractivity contribution < 1.29 is 16.8 Å². The minimum Gasteiger partial charge on any atom is -0.345 e. The van der Waals surface area contributed by atoms with Gasteiger partial charge in [0.05, 0.1) is 41.3 Å². The van der Waals surface area contributed by atoms with Crippen molar-refractivity contribution >= 4 is 99.4 Å². The molecule has 2 fully saturated rings. The van der Waals surface area contributed by atoms with E-state index in [0.717, 1.165) is 40.9 Å². The lowest BCUT2D eigenvalue weighted by molar-refractivity contribution is 0.384. The number of piperazine rings is 2. The van der Waals surface area contributed by atoms with Crippen LogP contribution in [0.25, 0.3) is 0 Å². The van der Waals surface area contributed by atoms with Gasteiger partial charge in [0, 0.05) is 76.0 Å². The molecular formula is C43H44Cl4N6O4S4. The molecule has 0 saturated carbocycles. The van der Waals surface area contributed by atoms with Gasteiger partial charge < -0.3 is 9.80 Å². The van der Waals surface area contributed by atoms with Crippen molar-refractivity contribution in [3.05, 3.63) is 149 Å². The van der Waals surface area contributed by atoms with E-state index in [0.29, 0.717) is 62.4 Å². The van der Waals surface area contributed by atoms with Gasteiger partial charge in [0.15, 0.2) is 10.3 Å². The van der Waals surface area contributed by atoms with Crippen LogP contribution in [0, 0.1) is 6.92 Å². The first-order chi connectivity index (χ1) is 29.2. The number of aryl methyl sites for hydroxylation is 2. The number of nitrogens with zero attached hydrogens (tertiary/aromatic N) is 6. The number of halogens is 4. The summed E-state index contributed by atoms with van der Waals surface area (Å²) < 4.78 is 54.7. The number of rotatable bonds is 11. The Morgan fingerprint density at radius 3 is 1.28 bits per heavy atom. The number of thiazole rings is 2. The highest BCUT2D eigenvalue weighted by Gasteiger charge is 2.31. The molecule has 2 aliphatic rings. The van der Waals surface area contributed by atoms with Gasteiger partial charge in [0.2, 0.25) is 20.0 Å². The van der Waals surface area contributed by atoms with Crippen molar-refractivity contribution in [3.8, 4) is 0 Å². The maximum absolute atomic E-state index is 12.9. The Morgan fingerprint density at radius 1 is 0.525 bits per heavy atom. The number of hydrogen-bond donors (Lipinski definition) is 0. The van der Waals surface area contributed by atoms with Gasteiger partial charge in [-0.3, -0.25) is 0 Å². The summed E-state index contributed by atoms with van der Waals surface area (Å²) in [4.78, 5) is 14.2. The Balaban J connectivity index is 0.000000184. The van der Waals surface area contributed by atoms with E-state index < -0.39 is 20.0 Å². The molecule has 6 aromatic rings. The molecular weight excluding hydrogens is 935 g/mol. The molecule has 0 spiro atoms. The monoisotopic (exact) mass is 976 g/mol. The van der Waals surface area contributed by atoms with Crippen molar-refractivity contribution in [2.24, 2.45) is 0 Å². The van der Waals surface area contributed by atoms with Crippen molar-refractivity contribution in [1.82, 2.24) is 18.6 Å². The van der Waals surface area contributed by atoms with E-state index in [2.05, 4.69) is 82.9 Å². The van der Waals surface area contributed by atoms with Crippen LogP contribution in [0.1, 0.15) is 40.6 Å². The summed E-state index contributed by atoms with van der Waals surface area (Å²) in [6.45, 7) is 8.20. The summed E-state index contributed by atoms with van der Waals surface area (Å²) in [6.07, 6.45) is 2.63. The van der Waals surface area contributed by atoms with Gasteiger partial charge in [-0.2, -0.15) is 8.61 Å². The fourth-order valence-corrected chi connectivity index (χ4v) is 12.3. The normalized spacial score (nSPS) is 15.4. The molecule has 0 N–H and O–H groups in total. The quantitative estimate of drug-likeness (QED) is 0.126. The second-order valence-electron chi connectivity index (χ2n) is 14.7. The van der Waals surface area contributed by atoms with Gasteiger partial charge in [-0.05, 0) is 66.4 Å². The van der Waals surface area contributed by atoms with E-state index in [-0.39, 0.29) is 19.8 Å². The zero-order valence-corrected chi connectivity index (χ0v) is 39.8. The molecule has 0 radical (unpaired) electrons. The van der Waals surface area contributed by atoms with E-state index in [9.17, 15) is 16.8 Å². The lowest BCUT2D eigenvalue weighted by atomic mass is 10.1. The predicted octanol–water partition coefficient (Wildman–Crippen LogP) is 9.97. The van der Waals surface area contributed by atoms with E-state index in [1.807, 2.05) is 0 Å². The Morgan fingerprint density at radius 2 is 0.902 bits per heavy atom. The van der Waals surface area contributed by atoms with Gasteiger partial charge in [0.25, 0.3) is 0 Å². The van der Waals surface area contributed by atoms with Crippen LogP contribution in [0.3, 0.4) is 0 Å². The van der Waals surface area contributed by atoms with Gasteiger partial charge >= 0.3 is 0 Å². The van der Waals surface area contributed by atoms with Crippen LogP contribution in [-0.4, -0.2) is 87.8 Å². The first-order valence-electron chi connectivity index (χ1n) is 19.6. The maximum Gasteiger partial charge on any atom is 0.243 e. The molecule has 4 aromatic carbocycles. The highest BCUT2D eigenvalue weighted by molar-refractivity contribution is 7.89. The minimum absolute atomic E-state index is 0.167. The smallest absolute Gasteiger partial charge is 0.243 e. The van der Waals surface area contributed by atoms with Gasteiger partial charge in [0.1, 0.15) is 0 Å². The van der Waals surface area contributed by atoms with Crippen molar-refractivity contribution in [2.75, 3.05) is 62.2 Å². The summed E-state index contributed by atoms with van der Waals surface area (Å²) in [7, 11) is -7.20. The van der Waals surface area contributed by atoms with E-state index >= 15 is 0 Å². The van der Waals surface area contributed by atoms with Crippen LogP contribution in [0.15, 0.2) is 105 Å². The fourth-order valence-electron chi connectivity index (χ4n) is 6.87. The third-order valence-corrected chi connectivity index (χ3v) is 17.6. The molecule has 2 aliphatic heterocycles. The first-order valence-corrected chi connectivity index (χ1v) is 25.8. The van der Waals surface area contributed by atoms with E-state index in [4.69, 9.17) is 56.4 Å². The molecule has 0 bridgehead atoms. The van der Waals surface area contributed by atoms with Gasteiger partial charge in [-0.1, -0.05) is 107 Å². The van der Waals surface area contributed by atoms with Crippen LogP contribution in [0.4, 0.5) is 10.3 Å². The Labute approximate surface area is 386 Å². The van der Waals surface area contributed by atoms with Crippen LogP contribution >= 0.6 is 69.1 Å². The third kappa shape index (κ3) is 11.3. The standard InChI is InChI=1S/C22H23Cl2N3O2S2.C21H21Cl2N3O2S2/c1-2-16-3-5-17(6-4-16)13-18-15-30-22(25-18)26-9-11-27(12-10-26)31(28,29)19-7-8-20(23)21(24)14-19;1-15-2-4-16(5-3-15)12-17-14-29-21(24-17)25-8-10-26(11-9-25)30(27,28)18-6-7-19(22)20(23)13-18/h3-8,14-15H,2,9-13H2,1H3;2-7,13-14H,8-12H2,1H3. The average Bonchev–Trinajstić information content (AvgIpc) is 3.94. The molecule has 2 saturated heterocycles. The average molecular weight is 979 g/mol. The largest absolute Gasteiger partial charge is 0.345 e. The minimum atomic E-state index is -3.60. The molecule has 8 rings (SSSR count). The second-order valence-corrected chi connectivity index (χ2v) is 21.9. The summed E-state index contributed by atoms with van der Waals surface area (Å²) >= 11 is 27.0. The lowest BCUT2D eigenvalue weighted by Gasteiger charge is -2.33. The third-order valence-electron chi connectivity index (χ3n) is 10.5. The molecule has 0 amide bonds. The summed E-state index contributed by atoms with van der Waals surface area (Å²) in [5, 5.41) is 7.18. The highest BCUT2D eigenvalue weighted by atomic mass is 35.5. The van der Waals surface area contributed by atoms with Gasteiger partial charge in [-0.25, -0.2) is 26.8 Å².